The fourth-order valence-electron chi connectivity index (χ4n) is 9.29. The van der Waals surface area contributed by atoms with Crippen molar-refractivity contribution in [2.45, 2.75) is 180 Å². The summed E-state index contributed by atoms with van der Waals surface area (Å²) in [4.78, 5) is 58.8. The van der Waals surface area contributed by atoms with E-state index in [1.54, 1.807) is 0 Å². The molecular formula is C48H66O14. The van der Waals surface area contributed by atoms with Crippen molar-refractivity contribution in [3.63, 3.8) is 0 Å². The van der Waals surface area contributed by atoms with Gasteiger partial charge >= 0.3 is 23.9 Å². The van der Waals surface area contributed by atoms with Gasteiger partial charge in [0.15, 0.2) is 23.0 Å². The third kappa shape index (κ3) is 11.2. The molecule has 0 heterocycles. The Bertz CT molecular complexity index is 1950. The molecule has 0 amide bonds. The average molecular weight is 867 g/mol. The second-order valence-corrected chi connectivity index (χ2v) is 19.2. The van der Waals surface area contributed by atoms with Gasteiger partial charge in [-0.1, -0.05) is 51.4 Å². The van der Waals surface area contributed by atoms with Crippen LogP contribution in [0.15, 0.2) is 12.1 Å². The van der Waals surface area contributed by atoms with Crippen molar-refractivity contribution in [2.24, 2.45) is 21.7 Å². The van der Waals surface area contributed by atoms with Crippen molar-refractivity contribution in [3.8, 4) is 34.5 Å². The molecule has 4 aliphatic carbocycles. The molecule has 0 radical (unpaired) electrons. The molecule has 4 fully saturated rings. The minimum atomic E-state index is -0.811. The van der Waals surface area contributed by atoms with Gasteiger partial charge in [0.05, 0.1) is 21.7 Å². The van der Waals surface area contributed by atoms with E-state index in [2.05, 4.69) is 0 Å². The quantitative estimate of drug-likeness (QED) is 0.0152. The summed E-state index contributed by atoms with van der Waals surface area (Å²) < 4.78 is 0. The number of unbranched alkanes of at least 4 members (excludes halogenated alkanes) is 8. The summed E-state index contributed by atoms with van der Waals surface area (Å²) in [6, 6.07) is 2.92. The summed E-state index contributed by atoms with van der Waals surface area (Å²) in [6.45, 7) is 0. The Morgan fingerprint density at radius 3 is 1.24 bits per heavy atom. The Labute approximate surface area is 363 Å². The highest BCUT2D eigenvalue weighted by molar-refractivity contribution is 5.79. The van der Waals surface area contributed by atoms with Crippen molar-refractivity contribution in [1.29, 1.82) is 0 Å². The Balaban J connectivity index is 1.17. The number of aromatic hydroxyl groups is 4. The van der Waals surface area contributed by atoms with E-state index in [0.29, 0.717) is 146 Å². The van der Waals surface area contributed by atoms with Gasteiger partial charge in [0, 0.05) is 16.7 Å². The topological polar surface area (TPSA) is 249 Å². The number of carboxylic acid groups (broad SMARTS) is 4. The zero-order valence-corrected chi connectivity index (χ0v) is 36.0. The molecule has 4 aliphatic rings. The second-order valence-electron chi connectivity index (χ2n) is 19.2. The zero-order valence-electron chi connectivity index (χ0n) is 36.0. The molecule has 0 aliphatic heterocycles. The third-order valence-corrected chi connectivity index (χ3v) is 14.6. The predicted octanol–water partition coefficient (Wildman–Crippen LogP) is 9.75. The average Bonchev–Trinajstić information content (AvgIpc) is 4.04. The minimum absolute atomic E-state index is 0.0665. The fraction of sp³-hybridized carbons (Fsp3) is 0.667. The lowest BCUT2D eigenvalue weighted by Crippen LogP contribution is -2.14. The van der Waals surface area contributed by atoms with Crippen LogP contribution in [0.2, 0.25) is 0 Å². The van der Waals surface area contributed by atoms with E-state index in [4.69, 9.17) is 9.78 Å². The zero-order chi connectivity index (χ0) is 44.7. The second kappa shape index (κ2) is 19.7. The maximum atomic E-state index is 11.8. The van der Waals surface area contributed by atoms with Crippen molar-refractivity contribution < 1.29 is 69.8 Å². The van der Waals surface area contributed by atoms with Gasteiger partial charge in [0.2, 0.25) is 5.75 Å². The number of phenolic OH excluding ortho intramolecular Hbond substituents is 4. The standard InChI is InChI=1S/C48H66O14/c49-35-29-32(14-5-1-3-9-17-45(21-22-45)41(53)54)40(34(38(35)51)16-8-12-20-48(27-28-48)44(59)60)62-61-36-30-31(13-7-11-19-47(25-26-47)43(57)58)37(50)33(39(36)52)15-6-2-4-10-18-46(23-24-46)42(55)56/h29-30,49-52H,1-28H2,(H,53,54)(H,55,56)(H,57,58)(H,59,60). The molecular weight excluding hydrogens is 801 g/mol. The fourth-order valence-corrected chi connectivity index (χ4v) is 9.29. The van der Waals surface area contributed by atoms with E-state index in [-0.39, 0.29) is 46.3 Å². The molecule has 62 heavy (non-hydrogen) atoms. The van der Waals surface area contributed by atoms with Crippen LogP contribution >= 0.6 is 0 Å². The molecule has 2 aromatic rings. The highest BCUT2D eigenvalue weighted by Crippen LogP contribution is 2.53. The van der Waals surface area contributed by atoms with Crippen LogP contribution in [0.4, 0.5) is 0 Å². The summed E-state index contributed by atoms with van der Waals surface area (Å²) in [6.07, 6.45) is 17.2. The van der Waals surface area contributed by atoms with E-state index in [1.807, 2.05) is 0 Å². The Kier molecular flexibility index (Phi) is 14.8. The number of phenols is 4. The van der Waals surface area contributed by atoms with Crippen molar-refractivity contribution in [3.05, 3.63) is 34.4 Å². The number of aryl methyl sites for hydroxylation is 2. The van der Waals surface area contributed by atoms with Gasteiger partial charge in [-0.05, 0) is 146 Å². The summed E-state index contributed by atoms with van der Waals surface area (Å²) in [7, 11) is 0. The van der Waals surface area contributed by atoms with Crippen molar-refractivity contribution in [1.82, 2.24) is 0 Å². The van der Waals surface area contributed by atoms with Crippen molar-refractivity contribution in [2.75, 3.05) is 0 Å². The number of rotatable bonds is 31. The Hall–Kier alpha value is -4.88. The van der Waals surface area contributed by atoms with Crippen LogP contribution in [0.25, 0.3) is 0 Å². The van der Waals surface area contributed by atoms with Gasteiger partial charge in [-0.15, -0.1) is 0 Å². The molecule has 0 bridgehead atoms. The largest absolute Gasteiger partial charge is 0.507 e. The Morgan fingerprint density at radius 1 is 0.419 bits per heavy atom. The maximum absolute atomic E-state index is 11.8. The number of benzene rings is 2. The predicted molar refractivity (Wildman–Crippen MR) is 227 cm³/mol. The van der Waals surface area contributed by atoms with E-state index < -0.39 is 51.3 Å². The SMILES string of the molecule is O=C(O)C1(CCCCCCc2cc(O)c(O)c(CCCCC3(C(=O)O)CC3)c2OOc2cc(CCCCC3(C(=O)O)CC3)c(O)c(CCCCCCC3(C(=O)O)CC3)c2O)CC1. The van der Waals surface area contributed by atoms with Crippen LogP contribution in [0, 0.1) is 21.7 Å². The van der Waals surface area contributed by atoms with E-state index in [0.717, 1.165) is 38.5 Å². The van der Waals surface area contributed by atoms with Crippen LogP contribution in [0.5, 0.6) is 34.5 Å². The smallest absolute Gasteiger partial charge is 0.309 e. The molecule has 342 valence electrons. The molecule has 0 unspecified atom stereocenters. The lowest BCUT2D eigenvalue weighted by atomic mass is 9.94. The van der Waals surface area contributed by atoms with Crippen molar-refractivity contribution >= 4 is 23.9 Å². The number of hydrogen-bond donors (Lipinski definition) is 8. The van der Waals surface area contributed by atoms with Crippen LogP contribution in [0.1, 0.15) is 176 Å². The minimum Gasteiger partial charge on any atom is -0.507 e. The van der Waals surface area contributed by atoms with Crippen LogP contribution in [-0.4, -0.2) is 64.7 Å². The Morgan fingerprint density at radius 2 is 0.790 bits per heavy atom. The first kappa shape index (κ1) is 46.6. The van der Waals surface area contributed by atoms with Crippen LogP contribution < -0.4 is 9.78 Å². The van der Waals surface area contributed by atoms with Gasteiger partial charge in [-0.25, -0.2) is 0 Å². The molecule has 0 spiro atoms. The van der Waals surface area contributed by atoms with Gasteiger partial charge in [0.25, 0.3) is 0 Å². The first-order chi connectivity index (χ1) is 29.6. The third-order valence-electron chi connectivity index (χ3n) is 14.6. The van der Waals surface area contributed by atoms with Gasteiger partial charge in [0.1, 0.15) is 5.75 Å². The molecule has 2 aromatic carbocycles. The van der Waals surface area contributed by atoms with E-state index >= 15 is 0 Å². The van der Waals surface area contributed by atoms with Gasteiger partial charge < -0.3 is 40.9 Å². The first-order valence-electron chi connectivity index (χ1n) is 23.0. The highest BCUT2D eigenvalue weighted by Gasteiger charge is 2.51. The molecule has 0 atom stereocenters. The summed E-state index contributed by atoms with van der Waals surface area (Å²) in [5.41, 5.74) is -0.963. The number of hydrogen-bond acceptors (Lipinski definition) is 10. The monoisotopic (exact) mass is 866 g/mol. The van der Waals surface area contributed by atoms with E-state index in [9.17, 15) is 60.0 Å². The molecule has 14 heteroatoms. The van der Waals surface area contributed by atoms with E-state index in [1.165, 1.54) is 12.1 Å². The molecule has 14 nitrogen and oxygen atoms in total. The summed E-state index contributed by atoms with van der Waals surface area (Å²) in [5, 5.41) is 83.5. The highest BCUT2D eigenvalue weighted by atomic mass is 17.2. The lowest BCUT2D eigenvalue weighted by Gasteiger charge is -2.20. The number of carbonyl (C=O) groups is 4. The summed E-state index contributed by atoms with van der Waals surface area (Å²) >= 11 is 0. The molecule has 0 aromatic heterocycles. The first-order valence-corrected chi connectivity index (χ1v) is 23.0. The summed E-state index contributed by atoms with van der Waals surface area (Å²) in [5.74, 6) is -4.11. The normalized spacial score (nSPS) is 18.1. The van der Waals surface area contributed by atoms with Gasteiger partial charge in [-0.3, -0.25) is 29.0 Å². The van der Waals surface area contributed by atoms with Gasteiger partial charge in [-0.2, -0.15) is 0 Å². The number of carboxylic acids is 4. The number of aliphatic carboxylic acids is 4. The maximum Gasteiger partial charge on any atom is 0.309 e. The molecule has 6 rings (SSSR count). The van der Waals surface area contributed by atoms with Crippen LogP contribution in [-0.2, 0) is 44.9 Å². The molecule has 0 saturated heterocycles. The van der Waals surface area contributed by atoms with Crippen LogP contribution in [0.3, 0.4) is 0 Å². The molecule has 4 saturated carbocycles. The molecule has 8 N–H and O–H groups in total. The lowest BCUT2D eigenvalue weighted by molar-refractivity contribution is -0.144.